The number of para-hydroxylation sites is 1. The lowest BCUT2D eigenvalue weighted by Crippen LogP contribution is -2.49. The van der Waals surface area contributed by atoms with Crippen molar-refractivity contribution in [1.29, 1.82) is 0 Å². The second kappa shape index (κ2) is 7.29. The van der Waals surface area contributed by atoms with E-state index in [1.807, 2.05) is 36.4 Å². The number of anilines is 1. The van der Waals surface area contributed by atoms with Gasteiger partial charge in [0, 0.05) is 31.4 Å². The van der Waals surface area contributed by atoms with Crippen molar-refractivity contribution in [2.24, 2.45) is 5.73 Å². The fraction of sp³-hybridized carbons (Fsp3) is 0.316. The second-order valence-electron chi connectivity index (χ2n) is 6.04. The molecule has 3 rings (SSSR count). The summed E-state index contributed by atoms with van der Waals surface area (Å²) >= 11 is 0. The van der Waals surface area contributed by atoms with Gasteiger partial charge < -0.3 is 5.73 Å². The number of primary amides is 1. The maximum atomic E-state index is 11.9. The molecule has 2 N–H and O–H groups in total. The Morgan fingerprint density at radius 3 is 2.13 bits per heavy atom. The smallest absolute Gasteiger partial charge is 0.319 e. The number of carbonyl (C=O) groups is 1. The van der Waals surface area contributed by atoms with Gasteiger partial charge in [-0.2, -0.15) is 0 Å². The molecule has 0 aromatic heterocycles. The molecule has 23 heavy (non-hydrogen) atoms. The lowest BCUT2D eigenvalue weighted by molar-refractivity contribution is 0.199. The standard InChI is InChI=1S/C19H23N3O/c20-19(23)22(17-9-5-2-6-10-17)18-11-13-21(14-12-18)15-16-7-3-1-4-8-16/h1-10,18H,11-15H2,(H2,20,23). The van der Waals surface area contributed by atoms with Crippen LogP contribution in [-0.2, 0) is 6.54 Å². The van der Waals surface area contributed by atoms with Crippen LogP contribution in [0.5, 0.6) is 0 Å². The van der Waals surface area contributed by atoms with Gasteiger partial charge in [-0.1, -0.05) is 48.5 Å². The summed E-state index contributed by atoms with van der Waals surface area (Å²) in [5.74, 6) is 0. The maximum Gasteiger partial charge on any atom is 0.319 e. The number of rotatable bonds is 4. The number of piperidine rings is 1. The van der Waals surface area contributed by atoms with Gasteiger partial charge >= 0.3 is 6.03 Å². The van der Waals surface area contributed by atoms with E-state index in [-0.39, 0.29) is 12.1 Å². The van der Waals surface area contributed by atoms with Crippen molar-refractivity contribution in [3.63, 3.8) is 0 Å². The van der Waals surface area contributed by atoms with Crippen LogP contribution in [0.4, 0.5) is 10.5 Å². The molecule has 4 nitrogen and oxygen atoms in total. The molecule has 1 aliphatic heterocycles. The summed E-state index contributed by atoms with van der Waals surface area (Å²) in [6.45, 7) is 2.93. The molecule has 0 aliphatic carbocycles. The lowest BCUT2D eigenvalue weighted by Gasteiger charge is -2.37. The first-order chi connectivity index (χ1) is 11.2. The summed E-state index contributed by atoms with van der Waals surface area (Å²) in [6.07, 6.45) is 1.90. The van der Waals surface area contributed by atoms with Crippen molar-refractivity contribution in [2.75, 3.05) is 18.0 Å². The van der Waals surface area contributed by atoms with Crippen LogP contribution in [0.25, 0.3) is 0 Å². The van der Waals surface area contributed by atoms with Crippen molar-refractivity contribution in [3.8, 4) is 0 Å². The van der Waals surface area contributed by atoms with Gasteiger partial charge in [-0.3, -0.25) is 9.80 Å². The first-order valence-electron chi connectivity index (χ1n) is 8.14. The zero-order valence-electron chi connectivity index (χ0n) is 13.3. The number of carbonyl (C=O) groups excluding carboxylic acids is 1. The topological polar surface area (TPSA) is 49.6 Å². The number of hydrogen-bond donors (Lipinski definition) is 1. The summed E-state index contributed by atoms with van der Waals surface area (Å²) in [6, 6.07) is 20.1. The fourth-order valence-electron chi connectivity index (χ4n) is 3.28. The van der Waals surface area contributed by atoms with Crippen LogP contribution in [0.15, 0.2) is 60.7 Å². The molecule has 4 heteroatoms. The molecule has 1 fully saturated rings. The molecule has 0 atom stereocenters. The number of benzene rings is 2. The predicted molar refractivity (Wildman–Crippen MR) is 93.2 cm³/mol. The van der Waals surface area contributed by atoms with Crippen LogP contribution in [0.2, 0.25) is 0 Å². The van der Waals surface area contributed by atoms with Gasteiger partial charge in [0.2, 0.25) is 0 Å². The van der Waals surface area contributed by atoms with Crippen molar-refractivity contribution >= 4 is 11.7 Å². The Morgan fingerprint density at radius 2 is 1.57 bits per heavy atom. The molecule has 120 valence electrons. The van der Waals surface area contributed by atoms with E-state index in [1.165, 1.54) is 5.56 Å². The van der Waals surface area contributed by atoms with Crippen LogP contribution in [0.3, 0.4) is 0 Å². The predicted octanol–water partition coefficient (Wildman–Crippen LogP) is 3.24. The second-order valence-corrected chi connectivity index (χ2v) is 6.04. The number of amides is 2. The van der Waals surface area contributed by atoms with E-state index in [0.717, 1.165) is 38.2 Å². The monoisotopic (exact) mass is 309 g/mol. The molecule has 2 aromatic rings. The van der Waals surface area contributed by atoms with E-state index in [0.29, 0.717) is 0 Å². The largest absolute Gasteiger partial charge is 0.351 e. The molecule has 1 heterocycles. The van der Waals surface area contributed by atoms with Crippen molar-refractivity contribution in [1.82, 2.24) is 4.90 Å². The Balaban J connectivity index is 1.62. The van der Waals surface area contributed by atoms with E-state index >= 15 is 0 Å². The summed E-state index contributed by atoms with van der Waals surface area (Å²) in [5, 5.41) is 0. The molecule has 1 saturated heterocycles. The van der Waals surface area contributed by atoms with Crippen molar-refractivity contribution < 1.29 is 4.79 Å². The van der Waals surface area contributed by atoms with E-state index < -0.39 is 0 Å². The third-order valence-corrected chi connectivity index (χ3v) is 4.44. The highest BCUT2D eigenvalue weighted by Crippen LogP contribution is 2.24. The molecule has 0 unspecified atom stereocenters. The Hall–Kier alpha value is -2.33. The van der Waals surface area contributed by atoms with Gasteiger partial charge in [-0.05, 0) is 30.5 Å². The molecule has 0 saturated carbocycles. The third kappa shape index (κ3) is 3.90. The average Bonchev–Trinajstić information content (AvgIpc) is 2.58. The van der Waals surface area contributed by atoms with Crippen LogP contribution in [0, 0.1) is 0 Å². The van der Waals surface area contributed by atoms with Crippen LogP contribution >= 0.6 is 0 Å². The highest BCUT2D eigenvalue weighted by Gasteiger charge is 2.27. The summed E-state index contributed by atoms with van der Waals surface area (Å²) in [5.41, 5.74) is 7.86. The zero-order valence-corrected chi connectivity index (χ0v) is 13.3. The number of nitrogens with zero attached hydrogens (tertiary/aromatic N) is 2. The van der Waals surface area contributed by atoms with Crippen LogP contribution < -0.4 is 10.6 Å². The molecule has 0 spiro atoms. The van der Waals surface area contributed by atoms with Gasteiger partial charge in [0.1, 0.15) is 0 Å². The molecule has 2 aromatic carbocycles. The molecule has 2 amide bonds. The van der Waals surface area contributed by atoms with Gasteiger partial charge in [0.25, 0.3) is 0 Å². The molecular formula is C19H23N3O. The number of urea groups is 1. The minimum Gasteiger partial charge on any atom is -0.351 e. The first kappa shape index (κ1) is 15.6. The van der Waals surface area contributed by atoms with E-state index in [4.69, 9.17) is 5.73 Å². The van der Waals surface area contributed by atoms with Gasteiger partial charge in [0.15, 0.2) is 0 Å². The minimum atomic E-state index is -0.363. The molecule has 0 bridgehead atoms. The van der Waals surface area contributed by atoms with Crippen LogP contribution in [-0.4, -0.2) is 30.1 Å². The summed E-state index contributed by atoms with van der Waals surface area (Å²) in [7, 11) is 0. The van der Waals surface area contributed by atoms with Crippen LogP contribution in [0.1, 0.15) is 18.4 Å². The highest BCUT2D eigenvalue weighted by molar-refractivity contribution is 5.91. The van der Waals surface area contributed by atoms with Gasteiger partial charge in [0.05, 0.1) is 0 Å². The fourth-order valence-corrected chi connectivity index (χ4v) is 3.28. The summed E-state index contributed by atoms with van der Waals surface area (Å²) < 4.78 is 0. The maximum absolute atomic E-state index is 11.9. The van der Waals surface area contributed by atoms with E-state index in [9.17, 15) is 4.79 Å². The van der Waals surface area contributed by atoms with Crippen molar-refractivity contribution in [3.05, 3.63) is 66.2 Å². The SMILES string of the molecule is NC(=O)N(c1ccccc1)C1CCN(Cc2ccccc2)CC1. The van der Waals surface area contributed by atoms with E-state index in [1.54, 1.807) is 4.90 Å². The number of likely N-dealkylation sites (tertiary alicyclic amines) is 1. The van der Waals surface area contributed by atoms with Gasteiger partial charge in [-0.15, -0.1) is 0 Å². The highest BCUT2D eigenvalue weighted by atomic mass is 16.2. The van der Waals surface area contributed by atoms with E-state index in [2.05, 4.69) is 29.2 Å². The Kier molecular flexibility index (Phi) is 4.93. The van der Waals surface area contributed by atoms with Gasteiger partial charge in [-0.25, -0.2) is 4.79 Å². The molecule has 0 radical (unpaired) electrons. The Labute approximate surface area is 137 Å². The first-order valence-corrected chi connectivity index (χ1v) is 8.14. The Bertz CT molecular complexity index is 622. The average molecular weight is 309 g/mol. The zero-order chi connectivity index (χ0) is 16.1. The Morgan fingerprint density at radius 1 is 1.00 bits per heavy atom. The lowest BCUT2D eigenvalue weighted by atomic mass is 10.0. The number of hydrogen-bond acceptors (Lipinski definition) is 2. The van der Waals surface area contributed by atoms with Crippen molar-refractivity contribution in [2.45, 2.75) is 25.4 Å². The molecule has 1 aliphatic rings. The quantitative estimate of drug-likeness (QED) is 0.942. The molecular weight excluding hydrogens is 286 g/mol. The normalized spacial score (nSPS) is 16.2. The third-order valence-electron chi connectivity index (χ3n) is 4.44. The number of nitrogens with two attached hydrogens (primary N) is 1. The summed E-state index contributed by atoms with van der Waals surface area (Å²) in [4.78, 5) is 16.1. The minimum absolute atomic E-state index is 0.182.